The second-order valence-electron chi connectivity index (χ2n) is 4.84. The monoisotopic (exact) mass is 238 g/mol. The molecule has 0 fully saturated rings. The SMILES string of the molecule is CC(C)(C)N(CCn1ccccc1=O)C(=O)O. The van der Waals surface area contributed by atoms with Crippen LogP contribution in [-0.2, 0) is 6.54 Å². The van der Waals surface area contributed by atoms with Crippen LogP contribution in [0.2, 0.25) is 0 Å². The smallest absolute Gasteiger partial charge is 0.407 e. The zero-order valence-electron chi connectivity index (χ0n) is 10.4. The van der Waals surface area contributed by atoms with Crippen molar-refractivity contribution in [2.75, 3.05) is 6.54 Å². The number of pyridine rings is 1. The molecule has 5 heteroatoms. The summed E-state index contributed by atoms with van der Waals surface area (Å²) in [6.45, 7) is 6.14. The van der Waals surface area contributed by atoms with E-state index < -0.39 is 11.6 Å². The number of carboxylic acid groups (broad SMARTS) is 1. The van der Waals surface area contributed by atoms with Crippen molar-refractivity contribution in [3.63, 3.8) is 0 Å². The summed E-state index contributed by atoms with van der Waals surface area (Å²) in [7, 11) is 0. The number of nitrogens with zero attached hydrogens (tertiary/aromatic N) is 2. The van der Waals surface area contributed by atoms with E-state index in [0.717, 1.165) is 0 Å². The molecule has 1 heterocycles. The van der Waals surface area contributed by atoms with Gasteiger partial charge in [0.2, 0.25) is 0 Å². The normalized spacial score (nSPS) is 11.2. The Morgan fingerprint density at radius 2 is 2.06 bits per heavy atom. The van der Waals surface area contributed by atoms with Crippen molar-refractivity contribution in [2.45, 2.75) is 32.9 Å². The van der Waals surface area contributed by atoms with E-state index in [9.17, 15) is 9.59 Å². The van der Waals surface area contributed by atoms with Gasteiger partial charge in [0.25, 0.3) is 5.56 Å². The van der Waals surface area contributed by atoms with Gasteiger partial charge < -0.3 is 14.6 Å². The Morgan fingerprint density at radius 1 is 1.41 bits per heavy atom. The van der Waals surface area contributed by atoms with Crippen molar-refractivity contribution in [1.82, 2.24) is 9.47 Å². The highest BCUT2D eigenvalue weighted by atomic mass is 16.4. The average Bonchev–Trinajstić information content (AvgIpc) is 2.18. The van der Waals surface area contributed by atoms with E-state index in [1.54, 1.807) is 18.3 Å². The fourth-order valence-corrected chi connectivity index (χ4v) is 1.57. The highest BCUT2D eigenvalue weighted by Crippen LogP contribution is 2.12. The first-order chi connectivity index (χ1) is 7.82. The topological polar surface area (TPSA) is 62.5 Å². The third-order valence-electron chi connectivity index (χ3n) is 2.50. The standard InChI is InChI=1S/C12H18N2O3/c1-12(2,3)14(11(16)17)9-8-13-7-5-4-6-10(13)15/h4-7H,8-9H2,1-3H3,(H,16,17). The molecule has 0 bridgehead atoms. The van der Waals surface area contributed by atoms with Crippen molar-refractivity contribution in [1.29, 1.82) is 0 Å². The molecule has 0 unspecified atom stereocenters. The summed E-state index contributed by atoms with van der Waals surface area (Å²) in [4.78, 5) is 23.9. The molecule has 0 aliphatic heterocycles. The van der Waals surface area contributed by atoms with Crippen LogP contribution in [0.5, 0.6) is 0 Å². The second-order valence-corrected chi connectivity index (χ2v) is 4.84. The molecular formula is C12H18N2O3. The maximum atomic E-state index is 11.4. The Balaban J connectivity index is 2.75. The summed E-state index contributed by atoms with van der Waals surface area (Å²) in [5, 5.41) is 9.09. The predicted octanol–water partition coefficient (Wildman–Crippen LogP) is 1.63. The second kappa shape index (κ2) is 5.03. The van der Waals surface area contributed by atoms with Gasteiger partial charge in [-0.2, -0.15) is 0 Å². The Labute approximate surface area is 100 Å². The van der Waals surface area contributed by atoms with Gasteiger partial charge in [-0.1, -0.05) is 6.07 Å². The van der Waals surface area contributed by atoms with Gasteiger partial charge in [-0.25, -0.2) is 4.79 Å². The molecule has 94 valence electrons. The van der Waals surface area contributed by atoms with E-state index in [-0.39, 0.29) is 5.56 Å². The summed E-state index contributed by atoms with van der Waals surface area (Å²) in [6.07, 6.45) is 0.687. The molecule has 0 atom stereocenters. The van der Waals surface area contributed by atoms with Gasteiger partial charge in [0.1, 0.15) is 0 Å². The summed E-state index contributed by atoms with van der Waals surface area (Å²) in [5.41, 5.74) is -0.587. The van der Waals surface area contributed by atoms with Gasteiger partial charge in [-0.15, -0.1) is 0 Å². The first kappa shape index (κ1) is 13.3. The first-order valence-electron chi connectivity index (χ1n) is 5.48. The molecule has 17 heavy (non-hydrogen) atoms. The molecule has 0 aromatic carbocycles. The highest BCUT2D eigenvalue weighted by Gasteiger charge is 2.25. The Hall–Kier alpha value is -1.78. The third-order valence-corrected chi connectivity index (χ3v) is 2.50. The van der Waals surface area contributed by atoms with Gasteiger partial charge in [-0.3, -0.25) is 4.79 Å². The minimum Gasteiger partial charge on any atom is -0.465 e. The molecule has 1 aromatic rings. The largest absolute Gasteiger partial charge is 0.465 e. The van der Waals surface area contributed by atoms with Crippen LogP contribution in [-0.4, -0.2) is 32.8 Å². The van der Waals surface area contributed by atoms with Crippen molar-refractivity contribution < 1.29 is 9.90 Å². The van der Waals surface area contributed by atoms with Crippen LogP contribution < -0.4 is 5.56 Å². The summed E-state index contributed by atoms with van der Waals surface area (Å²) < 4.78 is 1.50. The Kier molecular flexibility index (Phi) is 3.93. The minimum atomic E-state index is -0.971. The van der Waals surface area contributed by atoms with Gasteiger partial charge in [0.15, 0.2) is 0 Å². The van der Waals surface area contributed by atoms with Gasteiger partial charge in [0, 0.05) is 30.9 Å². The lowest BCUT2D eigenvalue weighted by Crippen LogP contribution is -2.46. The van der Waals surface area contributed by atoms with E-state index in [4.69, 9.17) is 5.11 Å². The molecule has 0 saturated heterocycles. The lowest BCUT2D eigenvalue weighted by molar-refractivity contribution is 0.0976. The number of carbonyl (C=O) groups is 1. The Bertz CT molecular complexity index is 446. The summed E-state index contributed by atoms with van der Waals surface area (Å²) in [6, 6.07) is 4.88. The number of aromatic nitrogens is 1. The minimum absolute atomic E-state index is 0.119. The van der Waals surface area contributed by atoms with Crippen molar-refractivity contribution in [3.8, 4) is 0 Å². The number of hydrogen-bond acceptors (Lipinski definition) is 2. The quantitative estimate of drug-likeness (QED) is 0.870. The number of rotatable bonds is 3. The van der Waals surface area contributed by atoms with E-state index in [1.165, 1.54) is 15.5 Å². The van der Waals surface area contributed by atoms with Crippen LogP contribution in [0.1, 0.15) is 20.8 Å². The van der Waals surface area contributed by atoms with E-state index >= 15 is 0 Å². The van der Waals surface area contributed by atoms with Crippen LogP contribution in [0.15, 0.2) is 29.2 Å². The Morgan fingerprint density at radius 3 is 2.53 bits per heavy atom. The van der Waals surface area contributed by atoms with Crippen molar-refractivity contribution >= 4 is 6.09 Å². The van der Waals surface area contributed by atoms with E-state index in [1.807, 2.05) is 20.8 Å². The fraction of sp³-hybridized carbons (Fsp3) is 0.500. The number of amides is 1. The van der Waals surface area contributed by atoms with Gasteiger partial charge in [0.05, 0.1) is 0 Å². The van der Waals surface area contributed by atoms with E-state index in [0.29, 0.717) is 13.1 Å². The molecule has 0 aliphatic carbocycles. The van der Waals surface area contributed by atoms with Crippen LogP contribution in [0.25, 0.3) is 0 Å². The molecule has 1 aromatic heterocycles. The first-order valence-corrected chi connectivity index (χ1v) is 5.48. The zero-order valence-corrected chi connectivity index (χ0v) is 10.4. The zero-order chi connectivity index (χ0) is 13.1. The lowest BCUT2D eigenvalue weighted by Gasteiger charge is -2.33. The number of hydrogen-bond donors (Lipinski definition) is 1. The maximum Gasteiger partial charge on any atom is 0.407 e. The molecule has 0 aliphatic rings. The highest BCUT2D eigenvalue weighted by molar-refractivity contribution is 5.65. The fourth-order valence-electron chi connectivity index (χ4n) is 1.57. The molecular weight excluding hydrogens is 220 g/mol. The van der Waals surface area contributed by atoms with Gasteiger partial charge >= 0.3 is 6.09 Å². The molecule has 0 saturated carbocycles. The van der Waals surface area contributed by atoms with Crippen molar-refractivity contribution in [3.05, 3.63) is 34.7 Å². The summed E-state index contributed by atoms with van der Waals surface area (Å²) >= 11 is 0. The average molecular weight is 238 g/mol. The van der Waals surface area contributed by atoms with Crippen molar-refractivity contribution in [2.24, 2.45) is 0 Å². The predicted molar refractivity (Wildman–Crippen MR) is 65.2 cm³/mol. The molecule has 0 radical (unpaired) electrons. The lowest BCUT2D eigenvalue weighted by atomic mass is 10.1. The molecule has 1 N–H and O–H groups in total. The van der Waals surface area contributed by atoms with Crippen LogP contribution in [0.3, 0.4) is 0 Å². The van der Waals surface area contributed by atoms with Crippen LogP contribution in [0, 0.1) is 0 Å². The van der Waals surface area contributed by atoms with Gasteiger partial charge in [-0.05, 0) is 26.8 Å². The summed E-state index contributed by atoms with van der Waals surface area (Å²) in [5.74, 6) is 0. The molecule has 1 rings (SSSR count). The third kappa shape index (κ3) is 3.62. The maximum absolute atomic E-state index is 11.4. The molecule has 5 nitrogen and oxygen atoms in total. The van der Waals surface area contributed by atoms with Crippen LogP contribution >= 0.6 is 0 Å². The molecule has 1 amide bonds. The van der Waals surface area contributed by atoms with E-state index in [2.05, 4.69) is 0 Å². The van der Waals surface area contributed by atoms with Crippen LogP contribution in [0.4, 0.5) is 4.79 Å². The molecule has 0 spiro atoms.